The monoisotopic (exact) mass is 964 g/mol. The van der Waals surface area contributed by atoms with Gasteiger partial charge in [0.25, 0.3) is 0 Å². The van der Waals surface area contributed by atoms with Crippen molar-refractivity contribution in [3.63, 3.8) is 0 Å². The van der Waals surface area contributed by atoms with Gasteiger partial charge in [-0.25, -0.2) is 0 Å². The van der Waals surface area contributed by atoms with E-state index in [1.165, 1.54) is 0 Å². The Morgan fingerprint density at radius 3 is 1.85 bits per heavy atom. The van der Waals surface area contributed by atoms with Crippen LogP contribution in [0.5, 0.6) is 0 Å². The highest BCUT2D eigenvalue weighted by Crippen LogP contribution is 2.76. The van der Waals surface area contributed by atoms with E-state index in [1.807, 2.05) is 0 Å². The number of ether oxygens (including phenoxy) is 8. The SMILES string of the molecule is C=C1CC23CC[C@@H]4[C@](C)(C(=O)OC5O[C@H](CO)[C@@H](O)[C@H](O)[C@H]5O)CCC[C@@]4(C)C2CC2O[C@@H]4O[C@H](CO)[C@@H](O)C(O[C@@H]5O[C@H](CO)[C@@H](O)[C@H](O)[C@H]5O)[C@H]4O[C@@H]4OC(C(O)C12C3)[C@@H](O)[C@H](O)[C@H]4O. The third-order valence-electron chi connectivity index (χ3n) is 17.8. The summed E-state index contributed by atoms with van der Waals surface area (Å²) in [7, 11) is 0. The highest BCUT2D eigenvalue weighted by molar-refractivity contribution is 5.77. The predicted octanol–water partition coefficient (Wildman–Crippen LogP) is -5.51. The van der Waals surface area contributed by atoms with Crippen molar-refractivity contribution in [2.24, 2.45) is 33.5 Å². The van der Waals surface area contributed by atoms with Gasteiger partial charge >= 0.3 is 5.97 Å². The van der Waals surface area contributed by atoms with Crippen molar-refractivity contribution in [3.8, 4) is 0 Å². The number of esters is 1. The van der Waals surface area contributed by atoms with Crippen LogP contribution in [-0.2, 0) is 42.7 Å². The molecule has 0 radical (unpaired) electrons. The van der Waals surface area contributed by atoms with E-state index in [-0.39, 0.29) is 24.7 Å². The summed E-state index contributed by atoms with van der Waals surface area (Å²) >= 11 is 0. The zero-order valence-electron chi connectivity index (χ0n) is 37.3. The zero-order chi connectivity index (χ0) is 48.4. The van der Waals surface area contributed by atoms with Gasteiger partial charge in [-0.15, -0.1) is 0 Å². The fourth-order valence-corrected chi connectivity index (χ4v) is 14.3. The van der Waals surface area contributed by atoms with Crippen LogP contribution in [0.1, 0.15) is 65.2 Å². The molecule has 2 spiro atoms. The van der Waals surface area contributed by atoms with Gasteiger partial charge in [-0.2, -0.15) is 0 Å². The van der Waals surface area contributed by atoms with Crippen molar-refractivity contribution >= 4 is 5.97 Å². The molecule has 382 valence electrons. The summed E-state index contributed by atoms with van der Waals surface area (Å²) < 4.78 is 48.8. The summed E-state index contributed by atoms with van der Waals surface area (Å²) in [5, 5.41) is 152. The maximum atomic E-state index is 14.5. The quantitative estimate of drug-likeness (QED) is 0.0643. The van der Waals surface area contributed by atoms with Crippen molar-refractivity contribution in [1.29, 1.82) is 0 Å². The Kier molecular flexibility index (Phi) is 13.6. The summed E-state index contributed by atoms with van der Waals surface area (Å²) in [6.07, 6.45) is -34.2. The number of carbonyl (C=O) groups excluding carboxylic acids is 1. The van der Waals surface area contributed by atoms with E-state index >= 15 is 0 Å². The van der Waals surface area contributed by atoms with Gasteiger partial charge in [0.1, 0.15) is 97.7 Å². The Balaban J connectivity index is 1.08. The number of hydrogen-bond donors (Lipinski definition) is 14. The van der Waals surface area contributed by atoms with Crippen molar-refractivity contribution in [1.82, 2.24) is 0 Å². The summed E-state index contributed by atoms with van der Waals surface area (Å²) in [6, 6.07) is 0. The Labute approximate surface area is 385 Å². The van der Waals surface area contributed by atoms with Gasteiger partial charge in [0, 0.05) is 5.41 Å². The molecule has 23 nitrogen and oxygen atoms in total. The Hall–Kier alpha value is -1.63. The van der Waals surface area contributed by atoms with Crippen LogP contribution in [0.4, 0.5) is 0 Å². The number of hydrogen-bond acceptors (Lipinski definition) is 23. The third kappa shape index (κ3) is 7.61. The van der Waals surface area contributed by atoms with Crippen LogP contribution in [0.25, 0.3) is 0 Å². The Morgan fingerprint density at radius 1 is 0.627 bits per heavy atom. The van der Waals surface area contributed by atoms with Gasteiger partial charge in [0.15, 0.2) is 18.9 Å². The fourth-order valence-electron chi connectivity index (χ4n) is 14.3. The lowest BCUT2D eigenvalue weighted by atomic mass is 9.40. The molecule has 4 bridgehead atoms. The van der Waals surface area contributed by atoms with Crippen LogP contribution < -0.4 is 0 Å². The van der Waals surface area contributed by atoms with Crippen LogP contribution in [0.3, 0.4) is 0 Å². The van der Waals surface area contributed by atoms with Gasteiger partial charge in [-0.05, 0) is 74.5 Å². The lowest BCUT2D eigenvalue weighted by Gasteiger charge is -2.66. The van der Waals surface area contributed by atoms with Crippen molar-refractivity contribution in [3.05, 3.63) is 12.2 Å². The molecule has 5 heterocycles. The molecule has 5 aliphatic heterocycles. The highest BCUT2D eigenvalue weighted by atomic mass is 16.8. The van der Waals surface area contributed by atoms with Crippen molar-refractivity contribution in [2.75, 3.05) is 19.8 Å². The molecule has 0 aromatic heterocycles. The standard InChI is InChI=1S/C44H68O23/c1-15-10-43-8-5-19-41(2,6-4-7-42(19,3)40(59)67-37-30(56)26(52)23(49)17(12-46)61-37)20(43)9-21-44(15,14-43)35(58)33-28(54)27(53)31(57)38(65-33)66-34-32(24(50)18(13-47)62-39(34)63-21)64-36-29(55)25(51)22(48)16(11-45)60-36/h16-39,45-58H,1,4-14H2,2-3H3/t16-,17-,18-,19+,20?,21?,22-,23-,24-,25+,26+,27+,28+,29-,30-,31-,32?,33?,34-,35?,36+,37?,38+,39+,41-,42-,43?,44?/m1/s1. The lowest BCUT2D eigenvalue weighted by molar-refractivity contribution is -0.411. The minimum Gasteiger partial charge on any atom is -0.432 e. The lowest BCUT2D eigenvalue weighted by Crippen LogP contribution is -2.71. The average Bonchev–Trinajstić information content (AvgIpc) is 3.55. The molecule has 8 unspecified atom stereocenters. The molecule has 28 atom stereocenters. The number of rotatable bonds is 7. The smallest absolute Gasteiger partial charge is 0.314 e. The topological polar surface area (TPSA) is 374 Å². The zero-order valence-corrected chi connectivity index (χ0v) is 37.3. The number of fused-ring (bicyclic) bond motifs is 5. The van der Waals surface area contributed by atoms with E-state index < -0.39 is 182 Å². The van der Waals surface area contributed by atoms with Crippen LogP contribution in [-0.4, -0.2) is 232 Å². The molecule has 23 heteroatoms. The van der Waals surface area contributed by atoms with Gasteiger partial charge < -0.3 is 109 Å². The minimum atomic E-state index is -1.97. The molecule has 9 aliphatic rings. The van der Waals surface area contributed by atoms with E-state index in [0.29, 0.717) is 44.1 Å². The average molecular weight is 965 g/mol. The number of aliphatic hydroxyl groups excluding tert-OH is 14. The number of carbonyl (C=O) groups is 1. The predicted molar refractivity (Wildman–Crippen MR) is 217 cm³/mol. The molecule has 0 aromatic carbocycles. The largest absolute Gasteiger partial charge is 0.432 e. The second kappa shape index (κ2) is 18.1. The molecule has 9 fully saturated rings. The van der Waals surface area contributed by atoms with E-state index in [1.54, 1.807) is 6.92 Å². The van der Waals surface area contributed by atoms with Gasteiger partial charge in [0.05, 0.1) is 37.4 Å². The van der Waals surface area contributed by atoms with E-state index in [4.69, 9.17) is 37.9 Å². The maximum Gasteiger partial charge on any atom is 0.314 e. The number of aliphatic hydroxyl groups is 14. The first kappa shape index (κ1) is 50.3. The van der Waals surface area contributed by atoms with Crippen LogP contribution >= 0.6 is 0 Å². The Bertz CT molecular complexity index is 1830. The third-order valence-corrected chi connectivity index (χ3v) is 17.8. The molecule has 9 rings (SSSR count). The normalized spacial score (nSPS) is 57.6. The van der Waals surface area contributed by atoms with E-state index in [2.05, 4.69) is 13.5 Å². The highest BCUT2D eigenvalue weighted by Gasteiger charge is 2.74. The van der Waals surface area contributed by atoms with Crippen LogP contribution in [0, 0.1) is 33.5 Å². The summed E-state index contributed by atoms with van der Waals surface area (Å²) in [4.78, 5) is 14.5. The molecule has 0 amide bonds. The first-order valence-electron chi connectivity index (χ1n) is 23.4. The minimum absolute atomic E-state index is 0.162. The maximum absolute atomic E-state index is 14.5. The Morgan fingerprint density at radius 2 is 1.21 bits per heavy atom. The molecule has 4 aliphatic carbocycles. The van der Waals surface area contributed by atoms with Gasteiger partial charge in [-0.3, -0.25) is 4.79 Å². The molecular formula is C44H68O23. The van der Waals surface area contributed by atoms with Gasteiger partial charge in [0.2, 0.25) is 6.29 Å². The van der Waals surface area contributed by atoms with E-state index in [0.717, 1.165) is 0 Å². The fraction of sp³-hybridized carbons (Fsp3) is 0.932. The van der Waals surface area contributed by atoms with Gasteiger partial charge in [-0.1, -0.05) is 25.5 Å². The second-order valence-electron chi connectivity index (χ2n) is 21.2. The summed E-state index contributed by atoms with van der Waals surface area (Å²) in [5.74, 6) is -1.35. The van der Waals surface area contributed by atoms with Crippen LogP contribution in [0.15, 0.2) is 12.2 Å². The van der Waals surface area contributed by atoms with Crippen molar-refractivity contribution in [2.45, 2.75) is 200 Å². The molecule has 0 aromatic rings. The molecular weight excluding hydrogens is 896 g/mol. The molecule has 4 saturated carbocycles. The van der Waals surface area contributed by atoms with Crippen LogP contribution in [0.2, 0.25) is 0 Å². The summed E-state index contributed by atoms with van der Waals surface area (Å²) in [6.45, 7) is 6.04. The first-order valence-corrected chi connectivity index (χ1v) is 23.4. The molecule has 5 saturated heterocycles. The molecule has 14 N–H and O–H groups in total. The molecule has 67 heavy (non-hydrogen) atoms. The van der Waals surface area contributed by atoms with Crippen molar-refractivity contribution < 1.29 is 114 Å². The first-order chi connectivity index (χ1) is 31.6. The van der Waals surface area contributed by atoms with E-state index in [9.17, 15) is 76.3 Å². The second-order valence-corrected chi connectivity index (χ2v) is 21.2. The summed E-state index contributed by atoms with van der Waals surface area (Å²) in [5.41, 5.74) is -3.32.